The Morgan fingerprint density at radius 1 is 1.38 bits per heavy atom. The number of hydrogen-bond donors (Lipinski definition) is 2. The second-order valence-corrected chi connectivity index (χ2v) is 5.61. The highest BCUT2D eigenvalue weighted by Crippen LogP contribution is 2.35. The number of aromatic nitrogens is 1. The zero-order valence-electron chi connectivity index (χ0n) is 12.4. The molecule has 1 aromatic heterocycles. The number of piperidine rings is 1. The molecule has 0 saturated carbocycles. The van der Waals surface area contributed by atoms with Gasteiger partial charge in [-0.05, 0) is 37.8 Å². The van der Waals surface area contributed by atoms with E-state index in [1.165, 1.54) is 0 Å². The van der Waals surface area contributed by atoms with Gasteiger partial charge in [-0.15, -0.1) is 0 Å². The molecule has 0 spiro atoms. The topological polar surface area (TPSA) is 82.5 Å². The normalized spacial score (nSPS) is 17.3. The molecular weight excluding hydrogens is 270 g/mol. The Morgan fingerprint density at radius 2 is 2.05 bits per heavy atom. The lowest BCUT2D eigenvalue weighted by Gasteiger charge is -2.38. The third-order valence-corrected chi connectivity index (χ3v) is 4.26. The Bertz CT molecular complexity index is 537. The summed E-state index contributed by atoms with van der Waals surface area (Å²) in [5, 5.41) is 12.2. The van der Waals surface area contributed by atoms with Gasteiger partial charge in [0.1, 0.15) is 0 Å². The molecule has 2 heterocycles. The summed E-state index contributed by atoms with van der Waals surface area (Å²) in [6.45, 7) is 4.73. The third-order valence-electron chi connectivity index (χ3n) is 4.26. The number of rotatable bonds is 3. The average molecular weight is 291 g/mol. The van der Waals surface area contributed by atoms with Crippen molar-refractivity contribution in [2.45, 2.75) is 33.1 Å². The first-order valence-electron chi connectivity index (χ1n) is 7.18. The van der Waals surface area contributed by atoms with Gasteiger partial charge in [0.25, 0.3) is 0 Å². The third kappa shape index (κ3) is 3.32. The first-order valence-corrected chi connectivity index (χ1v) is 7.18. The molecule has 1 saturated heterocycles. The van der Waals surface area contributed by atoms with E-state index in [1.54, 1.807) is 17.3 Å². The lowest BCUT2D eigenvalue weighted by atomic mass is 9.76. The highest BCUT2D eigenvalue weighted by Gasteiger charge is 2.40. The maximum absolute atomic E-state index is 12.2. The van der Waals surface area contributed by atoms with Crippen molar-refractivity contribution in [1.29, 1.82) is 0 Å². The van der Waals surface area contributed by atoms with Gasteiger partial charge in [-0.3, -0.25) is 9.78 Å². The maximum Gasteiger partial charge on any atom is 0.321 e. The molecule has 6 heteroatoms. The van der Waals surface area contributed by atoms with Gasteiger partial charge < -0.3 is 15.3 Å². The number of carbonyl (C=O) groups is 2. The van der Waals surface area contributed by atoms with Crippen LogP contribution in [0.25, 0.3) is 0 Å². The SMILES string of the molecule is CCC1(C(=O)O)CCN(C(=O)Nc2cncc(C)c2)CC1. The number of amides is 2. The highest BCUT2D eigenvalue weighted by molar-refractivity contribution is 5.89. The van der Waals surface area contributed by atoms with Crippen LogP contribution in [0.3, 0.4) is 0 Å². The van der Waals surface area contributed by atoms with Crippen LogP contribution >= 0.6 is 0 Å². The number of hydrogen-bond acceptors (Lipinski definition) is 3. The van der Waals surface area contributed by atoms with Crippen molar-refractivity contribution < 1.29 is 14.7 Å². The molecule has 2 rings (SSSR count). The molecular formula is C15H21N3O3. The molecule has 6 nitrogen and oxygen atoms in total. The Balaban J connectivity index is 1.96. The molecule has 0 radical (unpaired) electrons. The molecule has 0 atom stereocenters. The average Bonchev–Trinajstić information content (AvgIpc) is 2.47. The van der Waals surface area contributed by atoms with Crippen LogP contribution in [0.4, 0.5) is 10.5 Å². The number of aliphatic carboxylic acids is 1. The van der Waals surface area contributed by atoms with Crippen LogP contribution in [0.1, 0.15) is 31.7 Å². The van der Waals surface area contributed by atoms with E-state index < -0.39 is 11.4 Å². The van der Waals surface area contributed by atoms with E-state index in [0.29, 0.717) is 38.0 Å². The van der Waals surface area contributed by atoms with Crippen LogP contribution in [-0.2, 0) is 4.79 Å². The first-order chi connectivity index (χ1) is 9.97. The molecule has 114 valence electrons. The van der Waals surface area contributed by atoms with Crippen molar-refractivity contribution in [3.8, 4) is 0 Å². The molecule has 0 bridgehead atoms. The minimum absolute atomic E-state index is 0.197. The van der Waals surface area contributed by atoms with Crippen LogP contribution in [0.5, 0.6) is 0 Å². The number of pyridine rings is 1. The van der Waals surface area contributed by atoms with Crippen LogP contribution in [0.2, 0.25) is 0 Å². The summed E-state index contributed by atoms with van der Waals surface area (Å²) in [5.74, 6) is -0.757. The van der Waals surface area contributed by atoms with E-state index in [0.717, 1.165) is 5.56 Å². The van der Waals surface area contributed by atoms with E-state index in [9.17, 15) is 14.7 Å². The molecule has 1 fully saturated rings. The van der Waals surface area contributed by atoms with Gasteiger partial charge in [0, 0.05) is 19.3 Å². The first kappa shape index (κ1) is 15.3. The van der Waals surface area contributed by atoms with Crippen LogP contribution < -0.4 is 5.32 Å². The summed E-state index contributed by atoms with van der Waals surface area (Å²) in [7, 11) is 0. The Morgan fingerprint density at radius 3 is 2.57 bits per heavy atom. The van der Waals surface area contributed by atoms with Crippen LogP contribution in [0.15, 0.2) is 18.5 Å². The van der Waals surface area contributed by atoms with Crippen molar-refractivity contribution >= 4 is 17.7 Å². The van der Waals surface area contributed by atoms with Gasteiger partial charge in [0.05, 0.1) is 17.3 Å². The summed E-state index contributed by atoms with van der Waals surface area (Å²) < 4.78 is 0. The number of nitrogens with zero attached hydrogens (tertiary/aromatic N) is 2. The second-order valence-electron chi connectivity index (χ2n) is 5.61. The van der Waals surface area contributed by atoms with Crippen LogP contribution in [0, 0.1) is 12.3 Å². The number of carbonyl (C=O) groups excluding carboxylic acids is 1. The van der Waals surface area contributed by atoms with E-state index in [-0.39, 0.29) is 6.03 Å². The molecule has 2 amide bonds. The molecule has 2 N–H and O–H groups in total. The summed E-state index contributed by atoms with van der Waals surface area (Å²) in [5.41, 5.74) is 0.953. The lowest BCUT2D eigenvalue weighted by molar-refractivity contribution is -0.151. The predicted molar refractivity (Wildman–Crippen MR) is 79.2 cm³/mol. The van der Waals surface area contributed by atoms with Gasteiger partial charge in [-0.25, -0.2) is 4.79 Å². The minimum atomic E-state index is -0.757. The fraction of sp³-hybridized carbons (Fsp3) is 0.533. The quantitative estimate of drug-likeness (QED) is 0.896. The Labute approximate surface area is 124 Å². The van der Waals surface area contributed by atoms with Gasteiger partial charge in [-0.2, -0.15) is 0 Å². The van der Waals surface area contributed by atoms with Crippen molar-refractivity contribution in [3.63, 3.8) is 0 Å². The zero-order valence-corrected chi connectivity index (χ0v) is 12.4. The van der Waals surface area contributed by atoms with Gasteiger partial charge >= 0.3 is 12.0 Å². The van der Waals surface area contributed by atoms with Gasteiger partial charge in [0.15, 0.2) is 0 Å². The molecule has 1 aromatic rings. The number of carboxylic acid groups (broad SMARTS) is 1. The summed E-state index contributed by atoms with van der Waals surface area (Å²) in [6, 6.07) is 1.65. The number of urea groups is 1. The maximum atomic E-state index is 12.2. The number of nitrogens with one attached hydrogen (secondary N) is 1. The standard InChI is InChI=1S/C15H21N3O3/c1-3-15(13(19)20)4-6-18(7-5-15)14(21)17-12-8-11(2)9-16-10-12/h8-10H,3-7H2,1-2H3,(H,17,21)(H,19,20). The zero-order chi connectivity index (χ0) is 15.5. The van der Waals surface area contributed by atoms with E-state index in [1.807, 2.05) is 19.9 Å². The van der Waals surface area contributed by atoms with Crippen molar-refractivity contribution in [2.75, 3.05) is 18.4 Å². The van der Waals surface area contributed by atoms with E-state index in [2.05, 4.69) is 10.3 Å². The number of likely N-dealkylation sites (tertiary alicyclic amines) is 1. The summed E-state index contributed by atoms with van der Waals surface area (Å²) in [6.07, 6.45) is 4.91. The van der Waals surface area contributed by atoms with Crippen molar-refractivity contribution in [2.24, 2.45) is 5.41 Å². The highest BCUT2D eigenvalue weighted by atomic mass is 16.4. The molecule has 0 unspecified atom stereocenters. The Kier molecular flexibility index (Phi) is 4.45. The number of aryl methyl sites for hydroxylation is 1. The second kappa shape index (κ2) is 6.11. The largest absolute Gasteiger partial charge is 0.481 e. The predicted octanol–water partition coefficient (Wildman–Crippen LogP) is 2.50. The monoisotopic (exact) mass is 291 g/mol. The van der Waals surface area contributed by atoms with E-state index >= 15 is 0 Å². The summed E-state index contributed by atoms with van der Waals surface area (Å²) >= 11 is 0. The molecule has 21 heavy (non-hydrogen) atoms. The minimum Gasteiger partial charge on any atom is -0.481 e. The Hall–Kier alpha value is -2.11. The van der Waals surface area contributed by atoms with Gasteiger partial charge in [-0.1, -0.05) is 6.92 Å². The van der Waals surface area contributed by atoms with Crippen molar-refractivity contribution in [1.82, 2.24) is 9.88 Å². The fourth-order valence-electron chi connectivity index (χ4n) is 2.68. The number of anilines is 1. The van der Waals surface area contributed by atoms with E-state index in [4.69, 9.17) is 0 Å². The molecule has 1 aliphatic rings. The smallest absolute Gasteiger partial charge is 0.321 e. The fourth-order valence-corrected chi connectivity index (χ4v) is 2.68. The number of carboxylic acids is 1. The van der Waals surface area contributed by atoms with Crippen molar-refractivity contribution in [3.05, 3.63) is 24.0 Å². The lowest BCUT2D eigenvalue weighted by Crippen LogP contribution is -2.47. The molecule has 0 aromatic carbocycles. The van der Waals surface area contributed by atoms with Gasteiger partial charge in [0.2, 0.25) is 0 Å². The summed E-state index contributed by atoms with van der Waals surface area (Å²) in [4.78, 5) is 29.3. The molecule has 0 aliphatic carbocycles. The molecule has 1 aliphatic heterocycles. The van der Waals surface area contributed by atoms with Crippen LogP contribution in [-0.4, -0.2) is 40.1 Å².